The molecule has 1 heterocycles. The summed E-state index contributed by atoms with van der Waals surface area (Å²) in [6.07, 6.45) is 4.52. The van der Waals surface area contributed by atoms with Crippen LogP contribution in [0.2, 0.25) is 0 Å². The molecule has 0 saturated carbocycles. The molecule has 1 aliphatic rings. The van der Waals surface area contributed by atoms with E-state index in [4.69, 9.17) is 0 Å². The molecule has 0 aromatic heterocycles. The Morgan fingerprint density at radius 2 is 1.71 bits per heavy atom. The molecule has 1 rings (SSSR count). The first-order chi connectivity index (χ1) is 9.55. The molecule has 0 unspecified atom stereocenters. The number of likely N-dealkylation sites (tertiary alicyclic amines) is 1. The Hall–Kier alpha value is -0.620. The van der Waals surface area contributed by atoms with Crippen LogP contribution in [0.3, 0.4) is 0 Å². The van der Waals surface area contributed by atoms with Crippen LogP contribution >= 0.6 is 0 Å². The fourth-order valence-electron chi connectivity index (χ4n) is 3.07. The van der Waals surface area contributed by atoms with Gasteiger partial charge in [0.05, 0.1) is 11.8 Å². The lowest BCUT2D eigenvalue weighted by Crippen LogP contribution is -2.52. The number of carbonyl (C=O) groups excluding carboxylic acids is 1. The third kappa shape index (κ3) is 4.68. The van der Waals surface area contributed by atoms with E-state index < -0.39 is 15.1 Å². The van der Waals surface area contributed by atoms with E-state index in [1.54, 1.807) is 6.92 Å². The average Bonchev–Trinajstić information content (AvgIpc) is 2.35. The predicted molar refractivity (Wildman–Crippen MR) is 86.0 cm³/mol. The van der Waals surface area contributed by atoms with Gasteiger partial charge < -0.3 is 4.90 Å². The predicted octanol–water partition coefficient (Wildman–Crippen LogP) is 1.53. The second kappa shape index (κ2) is 7.09. The number of amides is 1. The van der Waals surface area contributed by atoms with Crippen LogP contribution < -0.4 is 0 Å². The third-order valence-corrected chi connectivity index (χ3v) is 6.66. The topological polar surface area (TPSA) is 57.7 Å². The molecular formula is C15H30N2O3S. The number of likely N-dealkylation sites (N-methyl/N-ethyl adjacent to an activating group) is 1. The molecule has 4 atom stereocenters. The molecule has 5 nitrogen and oxygen atoms in total. The molecule has 124 valence electrons. The van der Waals surface area contributed by atoms with E-state index in [0.717, 1.165) is 12.8 Å². The molecule has 0 radical (unpaired) electrons. The zero-order valence-electron chi connectivity index (χ0n) is 14.2. The maximum Gasteiger partial charge on any atom is 0.237 e. The number of hydrogen-bond acceptors (Lipinski definition) is 4. The minimum atomic E-state index is -3.10. The number of hydrogen-bond donors (Lipinski definition) is 0. The second-order valence-electron chi connectivity index (χ2n) is 6.62. The van der Waals surface area contributed by atoms with Gasteiger partial charge in [-0.2, -0.15) is 0 Å². The van der Waals surface area contributed by atoms with E-state index in [-0.39, 0.29) is 30.6 Å². The highest BCUT2D eigenvalue weighted by Gasteiger charge is 2.31. The van der Waals surface area contributed by atoms with Crippen LogP contribution in [0.1, 0.15) is 47.0 Å². The highest BCUT2D eigenvalue weighted by Crippen LogP contribution is 2.23. The summed E-state index contributed by atoms with van der Waals surface area (Å²) in [6, 6.07) is 0.369. The largest absolute Gasteiger partial charge is 0.336 e. The van der Waals surface area contributed by atoms with Gasteiger partial charge in [-0.25, -0.2) is 8.42 Å². The fourth-order valence-corrected chi connectivity index (χ4v) is 3.99. The van der Waals surface area contributed by atoms with Crippen LogP contribution in [0, 0.1) is 0 Å². The summed E-state index contributed by atoms with van der Waals surface area (Å²) in [7, 11) is -1.27. The molecule has 0 N–H and O–H groups in total. The van der Waals surface area contributed by atoms with Gasteiger partial charge in [0.15, 0.2) is 9.84 Å². The van der Waals surface area contributed by atoms with Gasteiger partial charge >= 0.3 is 0 Å². The van der Waals surface area contributed by atoms with Crippen LogP contribution in [0.15, 0.2) is 0 Å². The number of carbonyl (C=O) groups is 1. The van der Waals surface area contributed by atoms with Gasteiger partial charge in [0.2, 0.25) is 5.91 Å². The molecule has 21 heavy (non-hydrogen) atoms. The number of rotatable bonds is 5. The van der Waals surface area contributed by atoms with Gasteiger partial charge in [0.25, 0.3) is 0 Å². The Bertz CT molecular complexity index is 454. The van der Waals surface area contributed by atoms with Crippen molar-refractivity contribution < 1.29 is 13.2 Å². The van der Waals surface area contributed by atoms with Crippen LogP contribution in [-0.2, 0) is 14.6 Å². The Morgan fingerprint density at radius 1 is 1.24 bits per heavy atom. The van der Waals surface area contributed by atoms with Crippen molar-refractivity contribution in [3.63, 3.8) is 0 Å². The van der Waals surface area contributed by atoms with E-state index in [2.05, 4.69) is 13.8 Å². The van der Waals surface area contributed by atoms with E-state index >= 15 is 0 Å². The molecule has 0 aromatic carbocycles. The van der Waals surface area contributed by atoms with Crippen molar-refractivity contribution in [2.45, 2.75) is 70.3 Å². The first-order valence-electron chi connectivity index (χ1n) is 7.76. The SMILES string of the molecule is C[C@H]([C@@H](C)S(C)(=O)=O)N(C)CC(=O)N1[C@@H](C)CCC[C@@H]1C. The van der Waals surface area contributed by atoms with Gasteiger partial charge in [-0.15, -0.1) is 0 Å². The molecule has 6 heteroatoms. The lowest BCUT2D eigenvalue weighted by Gasteiger charge is -2.40. The lowest BCUT2D eigenvalue weighted by atomic mass is 9.97. The quantitative estimate of drug-likeness (QED) is 0.771. The van der Waals surface area contributed by atoms with Gasteiger partial charge in [-0.3, -0.25) is 9.69 Å². The number of piperidine rings is 1. The molecular weight excluding hydrogens is 288 g/mol. The molecule has 1 aliphatic heterocycles. The summed E-state index contributed by atoms with van der Waals surface area (Å²) in [5.74, 6) is 0.102. The second-order valence-corrected chi connectivity index (χ2v) is 9.02. The van der Waals surface area contributed by atoms with Crippen LogP contribution in [0.25, 0.3) is 0 Å². The molecule has 0 spiro atoms. The summed E-state index contributed by atoms with van der Waals surface area (Å²) >= 11 is 0. The first kappa shape index (κ1) is 18.4. The maximum absolute atomic E-state index is 12.5. The van der Waals surface area contributed by atoms with Gasteiger partial charge in [0, 0.05) is 24.4 Å². The van der Waals surface area contributed by atoms with Gasteiger partial charge in [0.1, 0.15) is 0 Å². The summed E-state index contributed by atoms with van der Waals surface area (Å²) in [4.78, 5) is 16.4. The highest BCUT2D eigenvalue weighted by atomic mass is 32.2. The summed E-state index contributed by atoms with van der Waals surface area (Å²) < 4.78 is 23.3. The lowest BCUT2D eigenvalue weighted by molar-refractivity contribution is -0.138. The standard InChI is InChI=1S/C15H30N2O3S/c1-11-8-7-9-12(2)17(11)15(18)10-16(5)13(3)14(4)21(6,19)20/h11-14H,7-10H2,1-6H3/t11-,12-,13+,14+/m0/s1. The monoisotopic (exact) mass is 318 g/mol. The summed E-state index contributed by atoms with van der Waals surface area (Å²) in [6.45, 7) is 8.02. The van der Waals surface area contributed by atoms with Crippen molar-refractivity contribution in [3.05, 3.63) is 0 Å². The minimum Gasteiger partial charge on any atom is -0.336 e. The smallest absolute Gasteiger partial charge is 0.237 e. The molecule has 0 bridgehead atoms. The first-order valence-corrected chi connectivity index (χ1v) is 9.71. The highest BCUT2D eigenvalue weighted by molar-refractivity contribution is 7.91. The number of nitrogens with zero attached hydrogens (tertiary/aromatic N) is 2. The fraction of sp³-hybridized carbons (Fsp3) is 0.933. The van der Waals surface area contributed by atoms with Crippen molar-refractivity contribution in [2.75, 3.05) is 19.8 Å². The molecule has 1 saturated heterocycles. The Morgan fingerprint density at radius 3 is 2.14 bits per heavy atom. The molecule has 0 aromatic rings. The third-order valence-electron chi connectivity index (χ3n) is 4.92. The van der Waals surface area contributed by atoms with Crippen molar-refractivity contribution in [3.8, 4) is 0 Å². The van der Waals surface area contributed by atoms with E-state index in [0.29, 0.717) is 0 Å². The number of sulfone groups is 1. The summed E-state index contributed by atoms with van der Waals surface area (Å²) in [5, 5.41) is -0.480. The zero-order valence-corrected chi connectivity index (χ0v) is 15.0. The minimum absolute atomic E-state index is 0.102. The zero-order chi connectivity index (χ0) is 16.4. The van der Waals surface area contributed by atoms with Crippen molar-refractivity contribution in [2.24, 2.45) is 0 Å². The van der Waals surface area contributed by atoms with Crippen molar-refractivity contribution in [1.29, 1.82) is 0 Å². The van der Waals surface area contributed by atoms with E-state index in [1.165, 1.54) is 12.7 Å². The van der Waals surface area contributed by atoms with E-state index in [9.17, 15) is 13.2 Å². The van der Waals surface area contributed by atoms with Gasteiger partial charge in [-0.1, -0.05) is 0 Å². The van der Waals surface area contributed by atoms with Crippen LogP contribution in [0.4, 0.5) is 0 Å². The van der Waals surface area contributed by atoms with Gasteiger partial charge in [-0.05, 0) is 54.0 Å². The maximum atomic E-state index is 12.5. The molecule has 1 amide bonds. The average molecular weight is 318 g/mol. The molecule has 0 aliphatic carbocycles. The van der Waals surface area contributed by atoms with Crippen LogP contribution in [-0.4, -0.2) is 67.3 Å². The van der Waals surface area contributed by atoms with E-state index in [1.807, 2.05) is 23.8 Å². The Labute approximate surface area is 129 Å². The normalized spacial score (nSPS) is 26.7. The van der Waals surface area contributed by atoms with Crippen molar-refractivity contribution >= 4 is 15.7 Å². The molecule has 1 fully saturated rings. The Balaban J connectivity index is 2.69. The summed E-state index contributed by atoms with van der Waals surface area (Å²) in [5.41, 5.74) is 0. The van der Waals surface area contributed by atoms with Crippen LogP contribution in [0.5, 0.6) is 0 Å². The Kier molecular flexibility index (Phi) is 6.23. The van der Waals surface area contributed by atoms with Crippen molar-refractivity contribution in [1.82, 2.24) is 9.80 Å².